The fraction of sp³-hybridized carbons (Fsp3) is 0.250. The van der Waals surface area contributed by atoms with Crippen LogP contribution in [0.2, 0.25) is 0 Å². The topological polar surface area (TPSA) is 38.3 Å². The van der Waals surface area contributed by atoms with Gasteiger partial charge in [0.2, 0.25) is 0 Å². The Kier molecular flexibility index (Phi) is 6.12. The van der Waals surface area contributed by atoms with E-state index >= 15 is 0 Å². The maximum atomic E-state index is 12.0. The second kappa shape index (κ2) is 8.30. The van der Waals surface area contributed by atoms with Crippen LogP contribution in [0.1, 0.15) is 31.0 Å². The van der Waals surface area contributed by atoms with Gasteiger partial charge in [-0.25, -0.2) is 0 Å². The summed E-state index contributed by atoms with van der Waals surface area (Å²) in [7, 11) is 0. The van der Waals surface area contributed by atoms with Gasteiger partial charge in [-0.1, -0.05) is 67.2 Å². The van der Waals surface area contributed by atoms with Crippen molar-refractivity contribution in [2.24, 2.45) is 0 Å². The molecule has 0 saturated heterocycles. The molecule has 3 heteroatoms. The van der Waals surface area contributed by atoms with Crippen molar-refractivity contribution in [1.82, 2.24) is 5.32 Å². The van der Waals surface area contributed by atoms with E-state index in [0.29, 0.717) is 0 Å². The second-order valence-electron chi connectivity index (χ2n) is 5.61. The molecule has 1 atom stereocenters. The van der Waals surface area contributed by atoms with Gasteiger partial charge >= 0.3 is 5.97 Å². The lowest BCUT2D eigenvalue weighted by molar-refractivity contribution is -0.145. The van der Waals surface area contributed by atoms with Gasteiger partial charge in [-0.3, -0.25) is 10.1 Å². The average Bonchev–Trinajstić information content (AvgIpc) is 2.57. The van der Waals surface area contributed by atoms with E-state index in [4.69, 9.17) is 4.74 Å². The molecule has 0 aliphatic rings. The van der Waals surface area contributed by atoms with Crippen molar-refractivity contribution in [2.45, 2.75) is 26.0 Å². The minimum absolute atomic E-state index is 0.0508. The Morgan fingerprint density at radius 2 is 1.52 bits per heavy atom. The molecule has 0 fully saturated rings. The minimum Gasteiger partial charge on any atom is -0.457 e. The van der Waals surface area contributed by atoms with Crippen molar-refractivity contribution in [3.05, 3.63) is 83.9 Å². The molecule has 1 N–H and O–H groups in total. The molecule has 1 unspecified atom stereocenters. The third kappa shape index (κ3) is 5.08. The van der Waals surface area contributed by atoms with Gasteiger partial charge in [0.15, 0.2) is 0 Å². The highest BCUT2D eigenvalue weighted by Gasteiger charge is 2.16. The van der Waals surface area contributed by atoms with Crippen LogP contribution in [-0.4, -0.2) is 18.6 Å². The number of carbonyl (C=O) groups excluding carboxylic acids is 1. The van der Waals surface area contributed by atoms with Gasteiger partial charge < -0.3 is 4.74 Å². The van der Waals surface area contributed by atoms with Crippen molar-refractivity contribution in [2.75, 3.05) is 6.54 Å². The first-order valence-electron chi connectivity index (χ1n) is 7.76. The number of esters is 1. The summed E-state index contributed by atoms with van der Waals surface area (Å²) in [6, 6.07) is 20.1. The average molecular weight is 309 g/mol. The summed E-state index contributed by atoms with van der Waals surface area (Å²) in [5.41, 5.74) is 3.06. The van der Waals surface area contributed by atoms with Crippen LogP contribution in [0.5, 0.6) is 0 Å². The van der Waals surface area contributed by atoms with Gasteiger partial charge in [-0.15, -0.1) is 0 Å². The van der Waals surface area contributed by atoms with Crippen LogP contribution in [-0.2, 0) is 9.53 Å². The first-order chi connectivity index (χ1) is 11.1. The summed E-state index contributed by atoms with van der Waals surface area (Å²) in [4.78, 5) is 12.0. The molecule has 0 amide bonds. The Balaban J connectivity index is 2.07. The minimum atomic E-state index is -0.280. The first-order valence-corrected chi connectivity index (χ1v) is 7.76. The van der Waals surface area contributed by atoms with Crippen molar-refractivity contribution in [3.8, 4) is 0 Å². The van der Waals surface area contributed by atoms with E-state index in [1.54, 1.807) is 0 Å². The molecular weight excluding hydrogens is 286 g/mol. The largest absolute Gasteiger partial charge is 0.457 e. The van der Waals surface area contributed by atoms with Crippen LogP contribution in [0.4, 0.5) is 0 Å². The predicted molar refractivity (Wildman–Crippen MR) is 93.1 cm³/mol. The normalized spacial score (nSPS) is 12.0. The SMILES string of the molecule is C=C(C)C(C)OC(=O)CNC(c1ccccc1)c1ccccc1. The van der Waals surface area contributed by atoms with Gasteiger partial charge in [-0.2, -0.15) is 0 Å². The number of nitrogens with one attached hydrogen (secondary N) is 1. The van der Waals surface area contributed by atoms with E-state index in [0.717, 1.165) is 16.7 Å². The Morgan fingerprint density at radius 3 is 1.96 bits per heavy atom. The van der Waals surface area contributed by atoms with E-state index in [9.17, 15) is 4.79 Å². The molecule has 2 aromatic rings. The molecule has 0 radical (unpaired) electrons. The summed E-state index contributed by atoms with van der Waals surface area (Å²) >= 11 is 0. The number of hydrogen-bond donors (Lipinski definition) is 1. The van der Waals surface area contributed by atoms with Crippen molar-refractivity contribution < 1.29 is 9.53 Å². The summed E-state index contributed by atoms with van der Waals surface area (Å²) in [5, 5.41) is 3.29. The highest BCUT2D eigenvalue weighted by atomic mass is 16.5. The summed E-state index contributed by atoms with van der Waals surface area (Å²) in [6.45, 7) is 7.62. The monoisotopic (exact) mass is 309 g/mol. The van der Waals surface area contributed by atoms with Crippen LogP contribution in [0.15, 0.2) is 72.8 Å². The molecule has 0 aliphatic carbocycles. The quantitative estimate of drug-likeness (QED) is 0.623. The van der Waals surface area contributed by atoms with Gasteiger partial charge in [0.05, 0.1) is 12.6 Å². The van der Waals surface area contributed by atoms with Crippen LogP contribution < -0.4 is 5.32 Å². The Morgan fingerprint density at radius 1 is 1.04 bits per heavy atom. The highest BCUT2D eigenvalue weighted by Crippen LogP contribution is 2.21. The molecule has 0 bridgehead atoms. The lowest BCUT2D eigenvalue weighted by atomic mass is 9.99. The van der Waals surface area contributed by atoms with Gasteiger partial charge in [0.25, 0.3) is 0 Å². The third-order valence-electron chi connectivity index (χ3n) is 3.72. The number of benzene rings is 2. The van der Waals surface area contributed by atoms with Crippen LogP contribution in [0.25, 0.3) is 0 Å². The van der Waals surface area contributed by atoms with Gasteiger partial charge in [0.1, 0.15) is 6.10 Å². The molecule has 2 rings (SSSR count). The zero-order valence-electron chi connectivity index (χ0n) is 13.7. The zero-order chi connectivity index (χ0) is 16.7. The molecule has 3 nitrogen and oxygen atoms in total. The highest BCUT2D eigenvalue weighted by molar-refractivity contribution is 5.72. The summed E-state index contributed by atoms with van der Waals surface area (Å²) in [6.07, 6.45) is -0.267. The lowest BCUT2D eigenvalue weighted by Crippen LogP contribution is -2.31. The Labute approximate surface area is 138 Å². The predicted octanol–water partition coefficient (Wildman–Crippen LogP) is 3.87. The second-order valence-corrected chi connectivity index (χ2v) is 5.61. The maximum Gasteiger partial charge on any atom is 0.320 e. The van der Waals surface area contributed by atoms with E-state index in [2.05, 4.69) is 11.9 Å². The van der Waals surface area contributed by atoms with Gasteiger partial charge in [0, 0.05) is 0 Å². The molecule has 0 heterocycles. The van der Waals surface area contributed by atoms with E-state index in [1.807, 2.05) is 74.5 Å². The molecule has 0 aromatic heterocycles. The van der Waals surface area contributed by atoms with Gasteiger partial charge in [-0.05, 0) is 30.5 Å². The summed E-state index contributed by atoms with van der Waals surface area (Å²) in [5.74, 6) is -0.280. The molecule has 0 spiro atoms. The molecule has 120 valence electrons. The van der Waals surface area contributed by atoms with Crippen LogP contribution in [0, 0.1) is 0 Å². The fourth-order valence-corrected chi connectivity index (χ4v) is 2.24. The lowest BCUT2D eigenvalue weighted by Gasteiger charge is -2.20. The fourth-order valence-electron chi connectivity index (χ4n) is 2.24. The van der Waals surface area contributed by atoms with Crippen molar-refractivity contribution in [1.29, 1.82) is 0 Å². The number of hydrogen-bond acceptors (Lipinski definition) is 3. The number of ether oxygens (including phenoxy) is 1. The standard InChI is InChI=1S/C20H23NO2/c1-15(2)16(3)23-19(22)14-21-20(17-10-6-4-7-11-17)18-12-8-5-9-13-18/h4-13,16,20-21H,1,14H2,2-3H3. The summed E-state index contributed by atoms with van der Waals surface area (Å²) < 4.78 is 5.33. The number of rotatable bonds is 7. The van der Waals surface area contributed by atoms with Crippen molar-refractivity contribution in [3.63, 3.8) is 0 Å². The van der Waals surface area contributed by atoms with Crippen LogP contribution in [0.3, 0.4) is 0 Å². The Hall–Kier alpha value is -2.39. The molecule has 0 saturated carbocycles. The Bertz CT molecular complexity index is 598. The van der Waals surface area contributed by atoms with Crippen LogP contribution >= 0.6 is 0 Å². The molecule has 2 aromatic carbocycles. The smallest absolute Gasteiger partial charge is 0.320 e. The molecular formula is C20H23NO2. The molecule has 0 aliphatic heterocycles. The van der Waals surface area contributed by atoms with E-state index in [-0.39, 0.29) is 24.7 Å². The van der Waals surface area contributed by atoms with E-state index in [1.165, 1.54) is 0 Å². The molecule has 23 heavy (non-hydrogen) atoms. The van der Waals surface area contributed by atoms with E-state index < -0.39 is 0 Å². The van der Waals surface area contributed by atoms with Crippen molar-refractivity contribution >= 4 is 5.97 Å². The first kappa shape index (κ1) is 17.0. The third-order valence-corrected chi connectivity index (χ3v) is 3.72. The maximum absolute atomic E-state index is 12.0. The number of carbonyl (C=O) groups is 1. The zero-order valence-corrected chi connectivity index (χ0v) is 13.7.